The second kappa shape index (κ2) is 8.46. The first-order chi connectivity index (χ1) is 12.2. The first-order valence-corrected chi connectivity index (χ1v) is 8.80. The molecule has 0 saturated carbocycles. The second-order valence-electron chi connectivity index (χ2n) is 5.56. The molecule has 0 radical (unpaired) electrons. The molecule has 0 aliphatic heterocycles. The predicted octanol–water partition coefficient (Wildman–Crippen LogP) is 3.21. The molecule has 7 heteroatoms. The van der Waals surface area contributed by atoms with Crippen molar-refractivity contribution in [1.29, 1.82) is 0 Å². The van der Waals surface area contributed by atoms with Crippen LogP contribution in [0.3, 0.4) is 0 Å². The van der Waals surface area contributed by atoms with Gasteiger partial charge in [-0.3, -0.25) is 20.0 Å². The first-order valence-electron chi connectivity index (χ1n) is 8.03. The van der Waals surface area contributed by atoms with E-state index in [1.165, 1.54) is 17.5 Å². The van der Waals surface area contributed by atoms with Crippen LogP contribution in [-0.2, 0) is 13.1 Å². The number of hydrogen-bond donors (Lipinski definition) is 1. The molecule has 0 bridgehead atoms. The molecule has 25 heavy (non-hydrogen) atoms. The quantitative estimate of drug-likeness (QED) is 0.706. The molecule has 0 fully saturated rings. The molecular weight excluding hydrogens is 334 g/mol. The molecular formula is C18H19N5OS. The van der Waals surface area contributed by atoms with Gasteiger partial charge in [0.15, 0.2) is 0 Å². The van der Waals surface area contributed by atoms with E-state index in [0.29, 0.717) is 10.7 Å². The minimum atomic E-state index is -0.174. The summed E-state index contributed by atoms with van der Waals surface area (Å²) in [4.78, 5) is 22.5. The van der Waals surface area contributed by atoms with Crippen LogP contribution in [0.15, 0.2) is 55.1 Å². The highest BCUT2D eigenvalue weighted by molar-refractivity contribution is 7.09. The average molecular weight is 353 g/mol. The number of anilines is 1. The van der Waals surface area contributed by atoms with E-state index in [2.05, 4.69) is 31.5 Å². The molecule has 0 aliphatic carbocycles. The van der Waals surface area contributed by atoms with Gasteiger partial charge in [-0.25, -0.2) is 4.98 Å². The number of carbonyl (C=O) groups excluding carboxylic acids is 1. The third-order valence-electron chi connectivity index (χ3n) is 3.81. The van der Waals surface area contributed by atoms with E-state index in [0.717, 1.165) is 31.2 Å². The molecule has 128 valence electrons. The average Bonchev–Trinajstić information content (AvgIpc) is 3.15. The zero-order valence-corrected chi connectivity index (χ0v) is 14.7. The summed E-state index contributed by atoms with van der Waals surface area (Å²) in [6.07, 6.45) is 5.05. The van der Waals surface area contributed by atoms with Gasteiger partial charge in [0.2, 0.25) is 5.13 Å². The number of nitrogens with zero attached hydrogens (tertiary/aromatic N) is 4. The van der Waals surface area contributed by atoms with E-state index in [9.17, 15) is 4.79 Å². The molecule has 0 unspecified atom stereocenters. The fourth-order valence-electron chi connectivity index (χ4n) is 2.44. The Morgan fingerprint density at radius 2 is 1.76 bits per heavy atom. The number of benzene rings is 1. The Morgan fingerprint density at radius 3 is 2.36 bits per heavy atom. The van der Waals surface area contributed by atoms with E-state index in [1.807, 2.05) is 48.8 Å². The van der Waals surface area contributed by atoms with Gasteiger partial charge in [-0.1, -0.05) is 19.1 Å². The van der Waals surface area contributed by atoms with Crippen LogP contribution in [0.2, 0.25) is 0 Å². The van der Waals surface area contributed by atoms with Crippen molar-refractivity contribution in [3.63, 3.8) is 0 Å². The minimum Gasteiger partial charge on any atom is -0.297 e. The third-order valence-corrected chi connectivity index (χ3v) is 4.39. The summed E-state index contributed by atoms with van der Waals surface area (Å²) in [5, 5.41) is 3.24. The lowest BCUT2D eigenvalue weighted by molar-refractivity contribution is 0.102. The highest BCUT2D eigenvalue weighted by Crippen LogP contribution is 2.13. The summed E-state index contributed by atoms with van der Waals surface area (Å²) < 4.78 is 3.87. The van der Waals surface area contributed by atoms with Gasteiger partial charge in [0.1, 0.15) is 6.33 Å². The number of pyridine rings is 1. The summed E-state index contributed by atoms with van der Waals surface area (Å²) in [5.41, 5.74) is 3.02. The molecule has 1 amide bonds. The van der Waals surface area contributed by atoms with Crippen molar-refractivity contribution in [2.24, 2.45) is 0 Å². The standard InChI is InChI=1S/C18H19N5OS/c1-2-23(12-15-7-9-19-10-8-15)11-14-3-5-16(6-4-14)17(24)22-18-20-13-21-25-18/h3-10,13H,2,11-12H2,1H3,(H,20,21,22,24). The maximum atomic E-state index is 12.2. The van der Waals surface area contributed by atoms with Crippen LogP contribution in [0, 0.1) is 0 Å². The molecule has 0 atom stereocenters. The van der Waals surface area contributed by atoms with Crippen LogP contribution in [0.25, 0.3) is 0 Å². The lowest BCUT2D eigenvalue weighted by Crippen LogP contribution is -2.22. The largest absolute Gasteiger partial charge is 0.297 e. The van der Waals surface area contributed by atoms with Gasteiger partial charge < -0.3 is 0 Å². The van der Waals surface area contributed by atoms with Gasteiger partial charge >= 0.3 is 0 Å². The van der Waals surface area contributed by atoms with Crippen molar-refractivity contribution in [3.05, 3.63) is 71.8 Å². The van der Waals surface area contributed by atoms with Gasteiger partial charge in [0.05, 0.1) is 0 Å². The SMILES string of the molecule is CCN(Cc1ccncc1)Cc1ccc(C(=O)Nc2ncns2)cc1. The Balaban J connectivity index is 1.60. The van der Waals surface area contributed by atoms with Gasteiger partial charge in [-0.2, -0.15) is 4.37 Å². The third kappa shape index (κ3) is 4.91. The topological polar surface area (TPSA) is 71.0 Å². The van der Waals surface area contributed by atoms with Gasteiger partial charge in [0.25, 0.3) is 5.91 Å². The summed E-state index contributed by atoms with van der Waals surface area (Å²) in [6.45, 7) is 4.79. The van der Waals surface area contributed by atoms with E-state index in [1.54, 1.807) is 0 Å². The maximum absolute atomic E-state index is 12.2. The summed E-state index contributed by atoms with van der Waals surface area (Å²) in [7, 11) is 0. The molecule has 2 heterocycles. The molecule has 1 N–H and O–H groups in total. The number of rotatable bonds is 7. The van der Waals surface area contributed by atoms with Crippen LogP contribution in [0.5, 0.6) is 0 Å². The highest BCUT2D eigenvalue weighted by atomic mass is 32.1. The Kier molecular flexibility index (Phi) is 5.81. The number of carbonyl (C=O) groups is 1. The van der Waals surface area contributed by atoms with Crippen molar-refractivity contribution in [2.75, 3.05) is 11.9 Å². The van der Waals surface area contributed by atoms with Crippen LogP contribution in [0.4, 0.5) is 5.13 Å². The van der Waals surface area contributed by atoms with E-state index < -0.39 is 0 Å². The molecule has 3 aromatic rings. The summed E-state index contributed by atoms with van der Waals surface area (Å²) >= 11 is 1.16. The fraction of sp³-hybridized carbons (Fsp3) is 0.222. The molecule has 0 saturated heterocycles. The maximum Gasteiger partial charge on any atom is 0.257 e. The van der Waals surface area contributed by atoms with Crippen molar-refractivity contribution < 1.29 is 4.79 Å². The minimum absolute atomic E-state index is 0.174. The molecule has 1 aromatic carbocycles. The molecule has 3 rings (SSSR count). The number of amides is 1. The van der Waals surface area contributed by atoms with E-state index >= 15 is 0 Å². The summed E-state index contributed by atoms with van der Waals surface area (Å²) in [5.74, 6) is -0.174. The molecule has 0 spiro atoms. The van der Waals surface area contributed by atoms with Gasteiger partial charge in [0, 0.05) is 42.6 Å². The number of aromatic nitrogens is 3. The van der Waals surface area contributed by atoms with Gasteiger partial charge in [-0.05, 0) is 41.9 Å². The zero-order valence-electron chi connectivity index (χ0n) is 13.9. The van der Waals surface area contributed by atoms with Crippen molar-refractivity contribution >= 4 is 22.6 Å². The Bertz CT molecular complexity index is 790. The molecule has 2 aromatic heterocycles. The smallest absolute Gasteiger partial charge is 0.257 e. The Hall–Kier alpha value is -2.64. The predicted molar refractivity (Wildman–Crippen MR) is 98.3 cm³/mol. The van der Waals surface area contributed by atoms with Crippen LogP contribution in [-0.4, -0.2) is 31.7 Å². The van der Waals surface area contributed by atoms with Crippen molar-refractivity contribution in [2.45, 2.75) is 20.0 Å². The monoisotopic (exact) mass is 353 g/mol. The zero-order chi connectivity index (χ0) is 17.5. The molecule has 6 nitrogen and oxygen atoms in total. The van der Waals surface area contributed by atoms with Crippen LogP contribution in [0.1, 0.15) is 28.4 Å². The van der Waals surface area contributed by atoms with Gasteiger partial charge in [-0.15, -0.1) is 0 Å². The summed E-state index contributed by atoms with van der Waals surface area (Å²) in [6, 6.07) is 11.7. The lowest BCUT2D eigenvalue weighted by Gasteiger charge is -2.20. The molecule has 0 aliphatic rings. The Morgan fingerprint density at radius 1 is 1.08 bits per heavy atom. The van der Waals surface area contributed by atoms with Crippen molar-refractivity contribution in [3.8, 4) is 0 Å². The fourth-order valence-corrected chi connectivity index (χ4v) is 2.87. The second-order valence-corrected chi connectivity index (χ2v) is 6.34. The van der Waals surface area contributed by atoms with E-state index in [-0.39, 0.29) is 5.91 Å². The van der Waals surface area contributed by atoms with E-state index in [4.69, 9.17) is 0 Å². The normalized spacial score (nSPS) is 10.8. The van der Waals surface area contributed by atoms with Crippen LogP contribution < -0.4 is 5.32 Å². The van der Waals surface area contributed by atoms with Crippen LogP contribution >= 0.6 is 11.5 Å². The number of hydrogen-bond acceptors (Lipinski definition) is 6. The number of nitrogens with one attached hydrogen (secondary N) is 1. The van der Waals surface area contributed by atoms with Crippen molar-refractivity contribution in [1.82, 2.24) is 19.2 Å². The lowest BCUT2D eigenvalue weighted by atomic mass is 10.1. The highest BCUT2D eigenvalue weighted by Gasteiger charge is 2.09. The first kappa shape index (κ1) is 17.2. The Labute approximate surface area is 150 Å².